The van der Waals surface area contributed by atoms with Crippen molar-refractivity contribution in [2.24, 2.45) is 0 Å². The summed E-state index contributed by atoms with van der Waals surface area (Å²) in [6.07, 6.45) is 1.02. The van der Waals surface area contributed by atoms with E-state index in [1.807, 2.05) is 0 Å². The second kappa shape index (κ2) is 6.41. The van der Waals surface area contributed by atoms with Crippen LogP contribution in [-0.4, -0.2) is 20.8 Å². The molecule has 0 bridgehead atoms. The molecule has 0 saturated heterocycles. The summed E-state index contributed by atoms with van der Waals surface area (Å²) in [4.78, 5) is 29.3. The zero-order valence-electron chi connectivity index (χ0n) is 10.7. The van der Waals surface area contributed by atoms with Gasteiger partial charge < -0.3 is 5.73 Å². The van der Waals surface area contributed by atoms with E-state index in [2.05, 4.69) is 20.8 Å². The van der Waals surface area contributed by atoms with Crippen LogP contribution in [0, 0.1) is 10.1 Å². The number of nitrogen functional groups attached to an aromatic ring is 1. The molecule has 0 unspecified atom stereocenters. The molecule has 114 valence electrons. The van der Waals surface area contributed by atoms with Gasteiger partial charge in [-0.15, -0.1) is 0 Å². The maximum Gasteiger partial charge on any atom is 0.354 e. The van der Waals surface area contributed by atoms with E-state index in [9.17, 15) is 14.9 Å². The summed E-state index contributed by atoms with van der Waals surface area (Å²) in [5.41, 5.74) is 9.52. The smallest absolute Gasteiger partial charge is 0.354 e. The van der Waals surface area contributed by atoms with E-state index in [-0.39, 0.29) is 22.2 Å². The minimum absolute atomic E-state index is 0.128. The molecule has 0 fully saturated rings. The number of carbonyl (C=O) groups is 1. The average molecular weight is 343 g/mol. The molecule has 0 aliphatic carbocycles. The largest absolute Gasteiger partial charge is 0.378 e. The van der Waals surface area contributed by atoms with Gasteiger partial charge in [0, 0.05) is 5.02 Å². The molecule has 11 heteroatoms. The van der Waals surface area contributed by atoms with Crippen LogP contribution in [0.1, 0.15) is 10.4 Å². The predicted octanol–water partition coefficient (Wildman–Crippen LogP) is 2.03. The molecule has 0 atom stereocenters. The third-order valence-corrected chi connectivity index (χ3v) is 3.05. The lowest BCUT2D eigenvalue weighted by molar-refractivity contribution is -0.383. The highest BCUT2D eigenvalue weighted by Gasteiger charge is 2.21. The Hall–Kier alpha value is -2.65. The van der Waals surface area contributed by atoms with E-state index in [1.54, 1.807) is 0 Å². The number of benzene rings is 1. The van der Waals surface area contributed by atoms with E-state index in [0.717, 1.165) is 6.33 Å². The molecule has 0 aliphatic heterocycles. The number of nitrogens with zero attached hydrogens (tertiary/aromatic N) is 3. The van der Waals surface area contributed by atoms with Gasteiger partial charge in [0.05, 0.1) is 15.5 Å². The lowest BCUT2D eigenvalue weighted by Crippen LogP contribution is -2.30. The number of carbonyl (C=O) groups excluding carboxylic acids is 1. The van der Waals surface area contributed by atoms with Crippen molar-refractivity contribution in [1.82, 2.24) is 15.4 Å². The Labute approximate surface area is 133 Å². The summed E-state index contributed by atoms with van der Waals surface area (Å²) in [5.74, 6) is -1.22. The SMILES string of the molecule is Nc1ncnc(NNC(=O)c2ccc(Cl)cc2Cl)c1[N+](=O)[O-]. The third-order valence-electron chi connectivity index (χ3n) is 2.50. The number of nitrogens with one attached hydrogen (secondary N) is 2. The van der Waals surface area contributed by atoms with Crippen molar-refractivity contribution in [2.45, 2.75) is 0 Å². The van der Waals surface area contributed by atoms with E-state index in [4.69, 9.17) is 28.9 Å². The highest BCUT2D eigenvalue weighted by Crippen LogP contribution is 2.26. The van der Waals surface area contributed by atoms with Crippen LogP contribution in [0.15, 0.2) is 24.5 Å². The Morgan fingerprint density at radius 3 is 2.68 bits per heavy atom. The Morgan fingerprint density at radius 1 is 1.32 bits per heavy atom. The van der Waals surface area contributed by atoms with Gasteiger partial charge in [0.2, 0.25) is 11.6 Å². The number of hydrogen-bond acceptors (Lipinski definition) is 7. The quantitative estimate of drug-likeness (QED) is 0.571. The number of halogens is 2. The molecule has 1 aromatic heterocycles. The van der Waals surface area contributed by atoms with Gasteiger partial charge in [0.1, 0.15) is 6.33 Å². The van der Waals surface area contributed by atoms with Crippen LogP contribution in [0.2, 0.25) is 10.0 Å². The van der Waals surface area contributed by atoms with Crippen molar-refractivity contribution in [3.63, 3.8) is 0 Å². The highest BCUT2D eigenvalue weighted by atomic mass is 35.5. The van der Waals surface area contributed by atoms with E-state index < -0.39 is 16.5 Å². The summed E-state index contributed by atoms with van der Waals surface area (Å²) in [6, 6.07) is 4.28. The van der Waals surface area contributed by atoms with Crippen LogP contribution in [0.3, 0.4) is 0 Å². The van der Waals surface area contributed by atoms with E-state index in [1.165, 1.54) is 18.2 Å². The fourth-order valence-corrected chi connectivity index (χ4v) is 2.02. The monoisotopic (exact) mass is 342 g/mol. The Bertz CT molecular complexity index is 755. The molecular weight excluding hydrogens is 335 g/mol. The number of nitrogens with two attached hydrogens (primary N) is 1. The van der Waals surface area contributed by atoms with Gasteiger partial charge in [-0.3, -0.25) is 25.8 Å². The van der Waals surface area contributed by atoms with Crippen molar-refractivity contribution >= 4 is 46.4 Å². The number of amides is 1. The van der Waals surface area contributed by atoms with Gasteiger partial charge in [-0.05, 0) is 18.2 Å². The van der Waals surface area contributed by atoms with Crippen LogP contribution >= 0.6 is 23.2 Å². The summed E-state index contributed by atoms with van der Waals surface area (Å²) >= 11 is 11.6. The first-order chi connectivity index (χ1) is 10.4. The van der Waals surface area contributed by atoms with E-state index >= 15 is 0 Å². The molecular formula is C11H8Cl2N6O3. The topological polar surface area (TPSA) is 136 Å². The molecule has 1 amide bonds. The molecule has 22 heavy (non-hydrogen) atoms. The average Bonchev–Trinajstić information content (AvgIpc) is 2.44. The molecule has 0 aliphatic rings. The molecule has 0 radical (unpaired) electrons. The second-order valence-electron chi connectivity index (χ2n) is 3.92. The van der Waals surface area contributed by atoms with Gasteiger partial charge in [0.15, 0.2) is 0 Å². The maximum absolute atomic E-state index is 12.0. The molecule has 2 aromatic rings. The Morgan fingerprint density at radius 2 is 2.05 bits per heavy atom. The number of anilines is 2. The first-order valence-electron chi connectivity index (χ1n) is 5.66. The molecule has 0 spiro atoms. The van der Waals surface area contributed by atoms with Crippen molar-refractivity contribution in [1.29, 1.82) is 0 Å². The van der Waals surface area contributed by atoms with Gasteiger partial charge in [-0.1, -0.05) is 23.2 Å². The predicted molar refractivity (Wildman–Crippen MR) is 80.6 cm³/mol. The zero-order chi connectivity index (χ0) is 16.3. The van der Waals surface area contributed by atoms with Crippen LogP contribution in [0.5, 0.6) is 0 Å². The van der Waals surface area contributed by atoms with Crippen molar-refractivity contribution in [3.05, 3.63) is 50.2 Å². The lowest BCUT2D eigenvalue weighted by Gasteiger charge is -2.09. The number of aromatic nitrogens is 2. The van der Waals surface area contributed by atoms with Gasteiger partial charge in [0.25, 0.3) is 5.91 Å². The number of hydrazine groups is 1. The van der Waals surface area contributed by atoms with E-state index in [0.29, 0.717) is 5.02 Å². The maximum atomic E-state index is 12.0. The first-order valence-corrected chi connectivity index (χ1v) is 6.42. The Kier molecular flexibility index (Phi) is 4.59. The zero-order valence-corrected chi connectivity index (χ0v) is 12.2. The molecule has 1 heterocycles. The van der Waals surface area contributed by atoms with Crippen LogP contribution in [0.25, 0.3) is 0 Å². The lowest BCUT2D eigenvalue weighted by atomic mass is 10.2. The van der Waals surface area contributed by atoms with Crippen LogP contribution < -0.4 is 16.6 Å². The summed E-state index contributed by atoms with van der Waals surface area (Å²) < 4.78 is 0. The highest BCUT2D eigenvalue weighted by molar-refractivity contribution is 6.36. The summed E-state index contributed by atoms with van der Waals surface area (Å²) in [6.45, 7) is 0. The first kappa shape index (κ1) is 15.7. The molecule has 9 nitrogen and oxygen atoms in total. The van der Waals surface area contributed by atoms with Crippen LogP contribution in [-0.2, 0) is 0 Å². The van der Waals surface area contributed by atoms with Gasteiger partial charge >= 0.3 is 5.69 Å². The normalized spacial score (nSPS) is 10.1. The van der Waals surface area contributed by atoms with Crippen LogP contribution in [0.4, 0.5) is 17.3 Å². The van der Waals surface area contributed by atoms with Crippen molar-refractivity contribution in [2.75, 3.05) is 11.2 Å². The minimum Gasteiger partial charge on any atom is -0.378 e. The molecule has 0 saturated carbocycles. The Balaban J connectivity index is 2.18. The second-order valence-corrected chi connectivity index (χ2v) is 4.76. The molecule has 1 aromatic carbocycles. The van der Waals surface area contributed by atoms with Gasteiger partial charge in [-0.2, -0.15) is 0 Å². The number of rotatable bonds is 4. The summed E-state index contributed by atoms with van der Waals surface area (Å²) in [5, 5.41) is 11.4. The van der Waals surface area contributed by atoms with Crippen molar-refractivity contribution in [3.8, 4) is 0 Å². The minimum atomic E-state index is -0.765. The van der Waals surface area contributed by atoms with Gasteiger partial charge in [-0.25, -0.2) is 9.97 Å². The van der Waals surface area contributed by atoms with Crippen molar-refractivity contribution < 1.29 is 9.72 Å². The molecule has 4 N–H and O–H groups in total. The fourth-order valence-electron chi connectivity index (χ4n) is 1.52. The fraction of sp³-hybridized carbons (Fsp3) is 0. The summed E-state index contributed by atoms with van der Waals surface area (Å²) in [7, 11) is 0. The third kappa shape index (κ3) is 3.32. The number of nitro groups is 1. The standard InChI is InChI=1S/C11H8Cl2N6O3/c12-5-1-2-6(7(13)3-5)11(20)18-17-10-8(19(21)22)9(14)15-4-16-10/h1-4H,(H,18,20)(H3,14,15,16,17). The molecule has 2 rings (SSSR count). The number of hydrogen-bond donors (Lipinski definition) is 3.